The van der Waals surface area contributed by atoms with Crippen molar-refractivity contribution in [3.63, 3.8) is 0 Å². The van der Waals surface area contributed by atoms with Crippen LogP contribution in [0.3, 0.4) is 0 Å². The summed E-state index contributed by atoms with van der Waals surface area (Å²) in [5.74, 6) is 0.778. The Morgan fingerprint density at radius 1 is 1.06 bits per heavy atom. The van der Waals surface area contributed by atoms with Gasteiger partial charge in [-0.05, 0) is 31.2 Å². The van der Waals surface area contributed by atoms with Crippen molar-refractivity contribution in [2.75, 3.05) is 19.0 Å². The minimum atomic E-state index is 0.444. The summed E-state index contributed by atoms with van der Waals surface area (Å²) in [6.45, 7) is 9.27. The highest BCUT2D eigenvalue weighted by atomic mass is 35.5. The average molecular weight is 246 g/mol. The van der Waals surface area contributed by atoms with Gasteiger partial charge in [0.25, 0.3) is 0 Å². The van der Waals surface area contributed by atoms with Gasteiger partial charge >= 0.3 is 0 Å². The molecular weight excluding hydrogens is 218 g/mol. The first-order valence-electron chi connectivity index (χ1n) is 6.83. The quantitative estimate of drug-likeness (QED) is 0.653. The van der Waals surface area contributed by atoms with Gasteiger partial charge in [-0.15, -0.1) is 11.6 Å². The fraction of sp³-hybridized carbons (Fsp3) is 1.00. The van der Waals surface area contributed by atoms with Gasteiger partial charge < -0.3 is 0 Å². The molecular formula is C14H28ClN. The van der Waals surface area contributed by atoms with Crippen molar-refractivity contribution in [3.8, 4) is 0 Å². The second-order valence-corrected chi connectivity index (χ2v) is 6.71. The summed E-state index contributed by atoms with van der Waals surface area (Å²) < 4.78 is 0. The lowest BCUT2D eigenvalue weighted by atomic mass is 9.90. The smallest absolute Gasteiger partial charge is 0.0351 e. The lowest BCUT2D eigenvalue weighted by Crippen LogP contribution is -2.39. The average Bonchev–Trinajstić information content (AvgIpc) is 2.24. The molecule has 0 unspecified atom stereocenters. The Labute approximate surface area is 107 Å². The lowest BCUT2D eigenvalue weighted by molar-refractivity contribution is 0.145. The molecule has 0 heterocycles. The molecule has 16 heavy (non-hydrogen) atoms. The molecule has 96 valence electrons. The van der Waals surface area contributed by atoms with Gasteiger partial charge in [0.2, 0.25) is 0 Å². The molecule has 0 bridgehead atoms. The summed E-state index contributed by atoms with van der Waals surface area (Å²) in [5, 5.41) is 0. The van der Waals surface area contributed by atoms with Crippen molar-refractivity contribution in [1.82, 2.24) is 4.90 Å². The molecule has 1 aliphatic rings. The van der Waals surface area contributed by atoms with E-state index in [4.69, 9.17) is 11.6 Å². The molecule has 1 rings (SSSR count). The van der Waals surface area contributed by atoms with Gasteiger partial charge in [0.1, 0.15) is 0 Å². The molecule has 2 heteroatoms. The topological polar surface area (TPSA) is 3.24 Å². The number of halogens is 1. The van der Waals surface area contributed by atoms with E-state index in [9.17, 15) is 0 Å². The standard InChI is InChI=1S/C14H28ClN/c1-14(2,3)9-11-16(12-10-15)13-7-5-4-6-8-13/h13H,4-12H2,1-3H3. The molecule has 0 N–H and O–H groups in total. The minimum Gasteiger partial charge on any atom is -0.299 e. The van der Waals surface area contributed by atoms with Gasteiger partial charge in [0.15, 0.2) is 0 Å². The maximum atomic E-state index is 5.92. The Kier molecular flexibility index (Phi) is 6.13. The van der Waals surface area contributed by atoms with Crippen molar-refractivity contribution >= 4 is 11.6 Å². The zero-order valence-electron chi connectivity index (χ0n) is 11.3. The van der Waals surface area contributed by atoms with E-state index in [1.165, 1.54) is 45.1 Å². The van der Waals surface area contributed by atoms with Crippen LogP contribution in [0.4, 0.5) is 0 Å². The highest BCUT2D eigenvalue weighted by Crippen LogP contribution is 2.25. The first-order valence-corrected chi connectivity index (χ1v) is 7.36. The molecule has 1 aliphatic carbocycles. The maximum absolute atomic E-state index is 5.92. The van der Waals surface area contributed by atoms with Gasteiger partial charge in [-0.3, -0.25) is 4.90 Å². The summed E-state index contributed by atoms with van der Waals surface area (Å²) in [6, 6.07) is 0.815. The molecule has 0 aliphatic heterocycles. The van der Waals surface area contributed by atoms with Gasteiger partial charge in [0.05, 0.1) is 0 Å². The van der Waals surface area contributed by atoms with Crippen LogP contribution in [0, 0.1) is 5.41 Å². The van der Waals surface area contributed by atoms with Crippen LogP contribution in [0.15, 0.2) is 0 Å². The van der Waals surface area contributed by atoms with Crippen molar-refractivity contribution in [2.24, 2.45) is 5.41 Å². The van der Waals surface area contributed by atoms with E-state index in [1.807, 2.05) is 0 Å². The summed E-state index contributed by atoms with van der Waals surface area (Å²) in [6.07, 6.45) is 8.32. The van der Waals surface area contributed by atoms with E-state index < -0.39 is 0 Å². The molecule has 0 saturated heterocycles. The van der Waals surface area contributed by atoms with E-state index in [1.54, 1.807) is 0 Å². The molecule has 0 spiro atoms. The summed E-state index contributed by atoms with van der Waals surface area (Å²) in [4.78, 5) is 2.64. The van der Waals surface area contributed by atoms with Crippen LogP contribution in [0.5, 0.6) is 0 Å². The second kappa shape index (κ2) is 6.86. The van der Waals surface area contributed by atoms with Crippen LogP contribution >= 0.6 is 11.6 Å². The van der Waals surface area contributed by atoms with E-state index in [2.05, 4.69) is 25.7 Å². The second-order valence-electron chi connectivity index (χ2n) is 6.33. The van der Waals surface area contributed by atoms with Crippen LogP contribution in [-0.4, -0.2) is 29.9 Å². The Bertz CT molecular complexity index is 180. The molecule has 0 atom stereocenters. The third kappa shape index (κ3) is 5.54. The Hall–Kier alpha value is 0.250. The van der Waals surface area contributed by atoms with Crippen LogP contribution in [0.1, 0.15) is 59.3 Å². The van der Waals surface area contributed by atoms with Crippen molar-refractivity contribution in [3.05, 3.63) is 0 Å². The van der Waals surface area contributed by atoms with Crippen LogP contribution in [0.25, 0.3) is 0 Å². The van der Waals surface area contributed by atoms with Crippen LogP contribution < -0.4 is 0 Å². The first kappa shape index (κ1) is 14.3. The Morgan fingerprint density at radius 3 is 2.19 bits per heavy atom. The van der Waals surface area contributed by atoms with Crippen molar-refractivity contribution in [1.29, 1.82) is 0 Å². The summed E-state index contributed by atoms with van der Waals surface area (Å²) in [5.41, 5.74) is 0.444. The van der Waals surface area contributed by atoms with E-state index >= 15 is 0 Å². The fourth-order valence-electron chi connectivity index (χ4n) is 2.51. The largest absolute Gasteiger partial charge is 0.299 e. The van der Waals surface area contributed by atoms with E-state index in [0.717, 1.165) is 18.5 Å². The summed E-state index contributed by atoms with van der Waals surface area (Å²) >= 11 is 5.92. The predicted molar refractivity (Wildman–Crippen MR) is 73.2 cm³/mol. The molecule has 0 aromatic carbocycles. The molecule has 0 amide bonds. The molecule has 0 aromatic heterocycles. The molecule has 0 aromatic rings. The molecule has 1 saturated carbocycles. The monoisotopic (exact) mass is 245 g/mol. The van der Waals surface area contributed by atoms with Crippen LogP contribution in [0.2, 0.25) is 0 Å². The highest BCUT2D eigenvalue weighted by molar-refractivity contribution is 6.18. The van der Waals surface area contributed by atoms with Gasteiger partial charge in [-0.2, -0.15) is 0 Å². The molecule has 0 radical (unpaired) electrons. The SMILES string of the molecule is CC(C)(C)CCN(CCCl)C1CCCCC1. The third-order valence-corrected chi connectivity index (χ3v) is 3.78. The van der Waals surface area contributed by atoms with Gasteiger partial charge in [-0.25, -0.2) is 0 Å². The number of rotatable bonds is 5. The highest BCUT2D eigenvalue weighted by Gasteiger charge is 2.22. The lowest BCUT2D eigenvalue weighted by Gasteiger charge is -2.35. The van der Waals surface area contributed by atoms with Crippen molar-refractivity contribution in [2.45, 2.75) is 65.3 Å². The number of hydrogen-bond acceptors (Lipinski definition) is 1. The van der Waals surface area contributed by atoms with E-state index in [0.29, 0.717) is 5.41 Å². The molecule has 1 fully saturated rings. The summed E-state index contributed by atoms with van der Waals surface area (Å²) in [7, 11) is 0. The zero-order chi connectivity index (χ0) is 12.0. The van der Waals surface area contributed by atoms with Crippen LogP contribution in [-0.2, 0) is 0 Å². The Balaban J connectivity index is 2.39. The minimum absolute atomic E-state index is 0.444. The third-order valence-electron chi connectivity index (χ3n) is 3.61. The fourth-order valence-corrected chi connectivity index (χ4v) is 2.73. The van der Waals surface area contributed by atoms with Gasteiger partial charge in [-0.1, -0.05) is 40.0 Å². The predicted octanol–water partition coefficient (Wildman–Crippen LogP) is 4.30. The first-order chi connectivity index (χ1) is 7.53. The Morgan fingerprint density at radius 2 is 1.69 bits per heavy atom. The number of nitrogens with zero attached hydrogens (tertiary/aromatic N) is 1. The number of alkyl halides is 1. The maximum Gasteiger partial charge on any atom is 0.0351 e. The zero-order valence-corrected chi connectivity index (χ0v) is 12.0. The van der Waals surface area contributed by atoms with Gasteiger partial charge in [0, 0.05) is 18.5 Å². The van der Waals surface area contributed by atoms with Crippen molar-refractivity contribution < 1.29 is 0 Å². The molecule has 1 nitrogen and oxygen atoms in total. The van der Waals surface area contributed by atoms with E-state index in [-0.39, 0.29) is 0 Å². The normalized spacial score (nSPS) is 19.3. The number of hydrogen-bond donors (Lipinski definition) is 0.